The van der Waals surface area contributed by atoms with Crippen LogP contribution in [-0.4, -0.2) is 11.7 Å². The Labute approximate surface area is 135 Å². The molecule has 0 radical (unpaired) electrons. The fourth-order valence-electron chi connectivity index (χ4n) is 2.63. The molecular formula is C18H20N2OS. The fourth-order valence-corrected chi connectivity index (χ4v) is 3.81. The van der Waals surface area contributed by atoms with Crippen molar-refractivity contribution < 1.29 is 4.79 Å². The van der Waals surface area contributed by atoms with E-state index in [0.717, 1.165) is 16.9 Å². The van der Waals surface area contributed by atoms with E-state index < -0.39 is 0 Å². The topological polar surface area (TPSA) is 46.3 Å². The van der Waals surface area contributed by atoms with Crippen LogP contribution in [0.1, 0.15) is 36.3 Å². The van der Waals surface area contributed by atoms with E-state index >= 15 is 0 Å². The number of hydrogen-bond donors (Lipinski definition) is 1. The maximum absolute atomic E-state index is 12.3. The average Bonchev–Trinajstić information content (AvgIpc) is 2.90. The monoisotopic (exact) mass is 312 g/mol. The molecule has 114 valence electrons. The smallest absolute Gasteiger partial charge is 0.238 e. The third-order valence-electron chi connectivity index (χ3n) is 3.93. The summed E-state index contributed by atoms with van der Waals surface area (Å²) in [4.78, 5) is 14.2. The molecule has 1 aliphatic heterocycles. The zero-order valence-corrected chi connectivity index (χ0v) is 13.6. The molecule has 2 aromatic rings. The van der Waals surface area contributed by atoms with Gasteiger partial charge in [-0.25, -0.2) is 0 Å². The van der Waals surface area contributed by atoms with E-state index in [9.17, 15) is 4.79 Å². The second-order valence-corrected chi connectivity index (χ2v) is 6.91. The van der Waals surface area contributed by atoms with Gasteiger partial charge in [0.15, 0.2) is 0 Å². The summed E-state index contributed by atoms with van der Waals surface area (Å²) in [7, 11) is 0. The number of thioether (sulfide) groups is 1. The van der Waals surface area contributed by atoms with E-state index in [1.807, 2.05) is 41.3 Å². The summed E-state index contributed by atoms with van der Waals surface area (Å²) in [5.74, 6) is 1.16. The third-order valence-corrected chi connectivity index (χ3v) is 5.14. The van der Waals surface area contributed by atoms with Crippen LogP contribution in [0.3, 0.4) is 0 Å². The van der Waals surface area contributed by atoms with Crippen molar-refractivity contribution in [2.75, 3.05) is 16.4 Å². The number of carbonyl (C=O) groups excluding carboxylic acids is 1. The average molecular weight is 312 g/mol. The first-order valence-electron chi connectivity index (χ1n) is 7.45. The van der Waals surface area contributed by atoms with E-state index in [-0.39, 0.29) is 11.3 Å². The number of anilines is 2. The van der Waals surface area contributed by atoms with Crippen molar-refractivity contribution >= 4 is 29.0 Å². The molecule has 22 heavy (non-hydrogen) atoms. The molecule has 1 saturated heterocycles. The summed E-state index contributed by atoms with van der Waals surface area (Å²) in [6, 6.07) is 16.1. The van der Waals surface area contributed by atoms with Crippen LogP contribution in [0, 0.1) is 0 Å². The minimum absolute atomic E-state index is 0.0259. The van der Waals surface area contributed by atoms with E-state index in [1.165, 1.54) is 5.56 Å². The highest BCUT2D eigenvalue weighted by Crippen LogP contribution is 2.42. The molecular weight excluding hydrogens is 292 g/mol. The summed E-state index contributed by atoms with van der Waals surface area (Å²) < 4.78 is 0. The van der Waals surface area contributed by atoms with E-state index in [1.54, 1.807) is 11.8 Å². The van der Waals surface area contributed by atoms with Gasteiger partial charge >= 0.3 is 0 Å². The maximum Gasteiger partial charge on any atom is 0.238 e. The normalized spacial score (nSPS) is 18.2. The Morgan fingerprint density at radius 3 is 2.32 bits per heavy atom. The number of nitrogens with zero attached hydrogens (tertiary/aromatic N) is 1. The Morgan fingerprint density at radius 2 is 1.73 bits per heavy atom. The van der Waals surface area contributed by atoms with E-state index in [2.05, 4.69) is 26.0 Å². The molecule has 0 bridgehead atoms. The van der Waals surface area contributed by atoms with Crippen LogP contribution in [0.2, 0.25) is 0 Å². The van der Waals surface area contributed by atoms with Gasteiger partial charge in [0.2, 0.25) is 5.91 Å². The molecule has 0 aliphatic carbocycles. The zero-order chi connectivity index (χ0) is 15.7. The van der Waals surface area contributed by atoms with Crippen molar-refractivity contribution in [2.45, 2.75) is 25.1 Å². The van der Waals surface area contributed by atoms with Gasteiger partial charge in [-0.3, -0.25) is 9.69 Å². The molecule has 1 amide bonds. The Kier molecular flexibility index (Phi) is 4.12. The molecule has 3 nitrogen and oxygen atoms in total. The zero-order valence-electron chi connectivity index (χ0n) is 12.8. The van der Waals surface area contributed by atoms with Gasteiger partial charge in [0.1, 0.15) is 5.37 Å². The Morgan fingerprint density at radius 1 is 1.09 bits per heavy atom. The summed E-state index contributed by atoms with van der Waals surface area (Å²) in [5.41, 5.74) is 9.85. The summed E-state index contributed by atoms with van der Waals surface area (Å²) >= 11 is 1.66. The van der Waals surface area contributed by atoms with Crippen LogP contribution >= 0.6 is 11.8 Å². The molecule has 2 N–H and O–H groups in total. The minimum atomic E-state index is 0.0259. The van der Waals surface area contributed by atoms with Crippen molar-refractivity contribution in [3.05, 3.63) is 59.7 Å². The highest BCUT2D eigenvalue weighted by Gasteiger charge is 2.33. The molecule has 1 heterocycles. The Balaban J connectivity index is 1.92. The van der Waals surface area contributed by atoms with Gasteiger partial charge < -0.3 is 5.73 Å². The first-order chi connectivity index (χ1) is 10.6. The number of carbonyl (C=O) groups is 1. The number of nitrogens with two attached hydrogens (primary N) is 1. The Hall–Kier alpha value is -1.94. The van der Waals surface area contributed by atoms with Gasteiger partial charge in [0.05, 0.1) is 5.75 Å². The van der Waals surface area contributed by atoms with Crippen molar-refractivity contribution in [1.82, 2.24) is 0 Å². The van der Waals surface area contributed by atoms with Crippen LogP contribution in [0.5, 0.6) is 0 Å². The van der Waals surface area contributed by atoms with E-state index in [0.29, 0.717) is 11.7 Å². The van der Waals surface area contributed by atoms with Gasteiger partial charge in [-0.2, -0.15) is 0 Å². The van der Waals surface area contributed by atoms with Crippen molar-refractivity contribution in [1.29, 1.82) is 0 Å². The molecule has 3 rings (SSSR count). The van der Waals surface area contributed by atoms with Gasteiger partial charge in [0, 0.05) is 11.4 Å². The van der Waals surface area contributed by atoms with Crippen molar-refractivity contribution in [3.63, 3.8) is 0 Å². The lowest BCUT2D eigenvalue weighted by molar-refractivity contribution is -0.115. The molecule has 0 spiro atoms. The number of hydrogen-bond acceptors (Lipinski definition) is 3. The number of rotatable bonds is 3. The number of amides is 1. The summed E-state index contributed by atoms with van der Waals surface area (Å²) in [5, 5.41) is 0.0259. The van der Waals surface area contributed by atoms with Crippen LogP contribution in [-0.2, 0) is 4.79 Å². The fraction of sp³-hybridized carbons (Fsp3) is 0.278. The third kappa shape index (κ3) is 2.83. The molecule has 1 atom stereocenters. The lowest BCUT2D eigenvalue weighted by atomic mass is 10.0. The van der Waals surface area contributed by atoms with Crippen LogP contribution < -0.4 is 10.6 Å². The largest absolute Gasteiger partial charge is 0.399 e. The predicted octanol–water partition coefficient (Wildman–Crippen LogP) is 4.17. The SMILES string of the molecule is CC(C)c1ccc(N2C(=O)CS[C@@H]2c2ccc(N)cc2)cc1. The first kappa shape index (κ1) is 15.0. The van der Waals surface area contributed by atoms with Crippen LogP contribution in [0.15, 0.2) is 48.5 Å². The second kappa shape index (κ2) is 6.05. The maximum atomic E-state index is 12.3. The highest BCUT2D eigenvalue weighted by atomic mass is 32.2. The van der Waals surface area contributed by atoms with Gasteiger partial charge in [-0.1, -0.05) is 38.1 Å². The van der Waals surface area contributed by atoms with Gasteiger partial charge in [-0.15, -0.1) is 11.8 Å². The predicted molar refractivity (Wildman–Crippen MR) is 94.1 cm³/mol. The molecule has 1 aliphatic rings. The van der Waals surface area contributed by atoms with Gasteiger partial charge in [-0.05, 0) is 41.3 Å². The van der Waals surface area contributed by atoms with Crippen molar-refractivity contribution in [3.8, 4) is 0 Å². The van der Waals surface area contributed by atoms with Crippen LogP contribution in [0.4, 0.5) is 11.4 Å². The lowest BCUT2D eigenvalue weighted by Crippen LogP contribution is -2.27. The molecule has 4 heteroatoms. The highest BCUT2D eigenvalue weighted by molar-refractivity contribution is 8.00. The molecule has 0 unspecified atom stereocenters. The summed E-state index contributed by atoms with van der Waals surface area (Å²) in [6.45, 7) is 4.34. The molecule has 2 aromatic carbocycles. The minimum Gasteiger partial charge on any atom is -0.399 e. The Bertz CT molecular complexity index is 664. The molecule has 0 aromatic heterocycles. The lowest BCUT2D eigenvalue weighted by Gasteiger charge is -2.25. The van der Waals surface area contributed by atoms with Gasteiger partial charge in [0.25, 0.3) is 0 Å². The number of benzene rings is 2. The van der Waals surface area contributed by atoms with Crippen molar-refractivity contribution in [2.24, 2.45) is 0 Å². The molecule has 1 fully saturated rings. The first-order valence-corrected chi connectivity index (χ1v) is 8.50. The van der Waals surface area contributed by atoms with Crippen LogP contribution in [0.25, 0.3) is 0 Å². The standard InChI is InChI=1S/C18H20N2OS/c1-12(2)13-5-9-16(10-6-13)20-17(21)11-22-18(20)14-3-7-15(19)8-4-14/h3-10,12,18H,11,19H2,1-2H3/t18-/m1/s1. The summed E-state index contributed by atoms with van der Waals surface area (Å²) in [6.07, 6.45) is 0. The molecule has 0 saturated carbocycles. The number of nitrogen functional groups attached to an aromatic ring is 1. The quantitative estimate of drug-likeness (QED) is 0.865. The second-order valence-electron chi connectivity index (χ2n) is 5.84. The van der Waals surface area contributed by atoms with E-state index in [4.69, 9.17) is 5.73 Å².